The molecule has 0 saturated carbocycles. The molecule has 0 saturated heterocycles. The second-order valence-electron chi connectivity index (χ2n) is 10.4. The topological polar surface area (TPSA) is 124 Å². The van der Waals surface area contributed by atoms with E-state index in [1.807, 2.05) is 0 Å². The zero-order chi connectivity index (χ0) is 32.9. The fourth-order valence-electron chi connectivity index (χ4n) is 5.27. The second-order valence-corrected chi connectivity index (χ2v) is 12.4. The number of rotatable bonds is 8. The van der Waals surface area contributed by atoms with Crippen molar-refractivity contribution in [2.75, 3.05) is 38.9 Å². The number of furan rings is 1. The average molecular weight is 648 g/mol. The first-order valence-corrected chi connectivity index (χ1v) is 15.6. The Balaban J connectivity index is 1.68. The van der Waals surface area contributed by atoms with Crippen LogP contribution < -0.4 is 19.1 Å². The normalized spacial score (nSPS) is 11.6. The molecule has 0 spiro atoms. The molecule has 0 fully saturated rings. The number of ether oxygens (including phenoxy) is 2. The van der Waals surface area contributed by atoms with Crippen LogP contribution in [0.15, 0.2) is 75.6 Å². The lowest BCUT2D eigenvalue weighted by Crippen LogP contribution is -2.25. The molecule has 1 amide bonds. The average Bonchev–Trinajstić information content (AvgIpc) is 3.65. The van der Waals surface area contributed by atoms with Gasteiger partial charge in [0, 0.05) is 36.7 Å². The Kier molecular flexibility index (Phi) is 7.64. The number of nitrogens with one attached hydrogen (secondary N) is 1. The Morgan fingerprint density at radius 3 is 2.28 bits per heavy atom. The number of halogens is 2. The standard InChI is InChI=1S/C33H27F2N3O7S/c1-36-32(39)28-21-15-20(24(38(2)46(5,40)41)16-26(21)44-30(28)17-9-11-19(34)12-10-17)18-13-22(31(43-4)27(14-18)42-3)33-37-29-23(35)7-6-8-25(29)45-33/h6-16H,1-5H3,(H,36,39). The van der Waals surface area contributed by atoms with Crippen LogP contribution in [0.4, 0.5) is 14.5 Å². The highest BCUT2D eigenvalue weighted by atomic mass is 32.2. The molecule has 0 bridgehead atoms. The molecule has 1 N–H and O–H groups in total. The molecule has 6 aromatic rings. The Bertz CT molecular complexity index is 2260. The van der Waals surface area contributed by atoms with Crippen LogP contribution in [0, 0.1) is 11.6 Å². The van der Waals surface area contributed by atoms with Crippen LogP contribution in [0.1, 0.15) is 10.4 Å². The van der Waals surface area contributed by atoms with Gasteiger partial charge in [-0.3, -0.25) is 9.10 Å². The first-order valence-electron chi connectivity index (χ1n) is 13.8. The molecule has 46 heavy (non-hydrogen) atoms. The lowest BCUT2D eigenvalue weighted by atomic mass is 9.96. The number of para-hydroxylation sites is 1. The van der Waals surface area contributed by atoms with Gasteiger partial charge in [0.1, 0.15) is 22.7 Å². The second kappa shape index (κ2) is 11.5. The number of carbonyl (C=O) groups is 1. The molecule has 6 rings (SSSR count). The number of fused-ring (bicyclic) bond motifs is 2. The molecule has 0 radical (unpaired) electrons. The van der Waals surface area contributed by atoms with Gasteiger partial charge in [-0.2, -0.15) is 0 Å². The largest absolute Gasteiger partial charge is 0.493 e. The fraction of sp³-hybridized carbons (Fsp3) is 0.152. The van der Waals surface area contributed by atoms with Gasteiger partial charge in [0.05, 0.1) is 37.3 Å². The summed E-state index contributed by atoms with van der Waals surface area (Å²) >= 11 is 0. The lowest BCUT2D eigenvalue weighted by molar-refractivity contribution is 0.0964. The van der Waals surface area contributed by atoms with E-state index >= 15 is 0 Å². The number of hydrogen-bond acceptors (Lipinski definition) is 8. The van der Waals surface area contributed by atoms with Gasteiger partial charge in [-0.05, 0) is 60.2 Å². The maximum absolute atomic E-state index is 14.6. The molecule has 10 nitrogen and oxygen atoms in total. The summed E-state index contributed by atoms with van der Waals surface area (Å²) in [5.74, 6) is -0.830. The third-order valence-corrected chi connectivity index (χ3v) is 8.79. The first kappa shape index (κ1) is 30.6. The third kappa shape index (κ3) is 5.17. The van der Waals surface area contributed by atoms with Crippen LogP contribution >= 0.6 is 0 Å². The maximum atomic E-state index is 14.6. The first-order chi connectivity index (χ1) is 21.9. The summed E-state index contributed by atoms with van der Waals surface area (Å²) in [7, 11) is 1.90. The van der Waals surface area contributed by atoms with Gasteiger partial charge in [-0.15, -0.1) is 0 Å². The van der Waals surface area contributed by atoms with Gasteiger partial charge in [-0.25, -0.2) is 22.2 Å². The Morgan fingerprint density at radius 2 is 1.65 bits per heavy atom. The molecule has 0 aliphatic rings. The lowest BCUT2D eigenvalue weighted by Gasteiger charge is -2.22. The van der Waals surface area contributed by atoms with Gasteiger partial charge < -0.3 is 23.6 Å². The van der Waals surface area contributed by atoms with Crippen molar-refractivity contribution in [3.63, 3.8) is 0 Å². The number of oxazole rings is 1. The smallest absolute Gasteiger partial charge is 0.255 e. The molecule has 13 heteroatoms. The van der Waals surface area contributed by atoms with E-state index in [2.05, 4.69) is 10.3 Å². The molecule has 0 aliphatic carbocycles. The summed E-state index contributed by atoms with van der Waals surface area (Å²) in [6, 6.07) is 16.2. The molecular weight excluding hydrogens is 620 g/mol. The fourth-order valence-corrected chi connectivity index (χ4v) is 5.77. The quantitative estimate of drug-likeness (QED) is 0.195. The molecular formula is C33H27F2N3O7S. The third-order valence-electron chi connectivity index (χ3n) is 7.59. The van der Waals surface area contributed by atoms with Crippen LogP contribution in [0.2, 0.25) is 0 Å². The Hall–Kier alpha value is -5.43. The zero-order valence-corrected chi connectivity index (χ0v) is 26.1. The van der Waals surface area contributed by atoms with Crippen molar-refractivity contribution in [3.05, 3.63) is 83.9 Å². The molecule has 0 unspecified atom stereocenters. The van der Waals surface area contributed by atoms with Gasteiger partial charge in [0.15, 0.2) is 22.9 Å². The summed E-state index contributed by atoms with van der Waals surface area (Å²) < 4.78 is 78.5. The van der Waals surface area contributed by atoms with Crippen molar-refractivity contribution in [3.8, 4) is 45.4 Å². The number of nitrogens with zero attached hydrogens (tertiary/aromatic N) is 2. The van der Waals surface area contributed by atoms with E-state index in [1.165, 1.54) is 70.8 Å². The van der Waals surface area contributed by atoms with E-state index in [0.717, 1.165) is 10.6 Å². The summed E-state index contributed by atoms with van der Waals surface area (Å²) in [4.78, 5) is 17.6. The number of sulfonamides is 1. The minimum Gasteiger partial charge on any atom is -0.493 e. The number of hydrogen-bond donors (Lipinski definition) is 1. The molecule has 2 heterocycles. The highest BCUT2D eigenvalue weighted by Gasteiger charge is 2.28. The minimum atomic E-state index is -3.81. The van der Waals surface area contributed by atoms with Crippen molar-refractivity contribution in [2.24, 2.45) is 0 Å². The number of carbonyl (C=O) groups excluding carboxylic acids is 1. The van der Waals surface area contributed by atoms with Crippen LogP contribution in [-0.4, -0.2) is 53.9 Å². The van der Waals surface area contributed by atoms with Crippen molar-refractivity contribution < 1.29 is 40.3 Å². The van der Waals surface area contributed by atoms with Crippen LogP contribution in [-0.2, 0) is 10.0 Å². The predicted octanol–water partition coefficient (Wildman–Crippen LogP) is 6.63. The SMILES string of the molecule is CNC(=O)c1c(-c2ccc(F)cc2)oc2cc(N(C)S(C)(=O)=O)c(-c3cc(OC)c(OC)c(-c4nc5c(F)cccc5o4)c3)cc12. The van der Waals surface area contributed by atoms with Crippen LogP contribution in [0.5, 0.6) is 11.5 Å². The number of amides is 1. The van der Waals surface area contributed by atoms with E-state index in [1.54, 1.807) is 24.3 Å². The van der Waals surface area contributed by atoms with Crippen molar-refractivity contribution in [2.45, 2.75) is 0 Å². The summed E-state index contributed by atoms with van der Waals surface area (Å²) in [5.41, 5.74) is 2.33. The van der Waals surface area contributed by atoms with E-state index in [0.29, 0.717) is 27.6 Å². The molecule has 0 aliphatic heterocycles. The molecule has 0 atom stereocenters. The van der Waals surface area contributed by atoms with Crippen LogP contribution in [0.25, 0.3) is 56.0 Å². The highest BCUT2D eigenvalue weighted by molar-refractivity contribution is 7.92. The van der Waals surface area contributed by atoms with Gasteiger partial charge in [0.2, 0.25) is 15.9 Å². The monoisotopic (exact) mass is 647 g/mol. The van der Waals surface area contributed by atoms with E-state index in [9.17, 15) is 22.0 Å². The summed E-state index contributed by atoms with van der Waals surface area (Å²) in [5, 5.41) is 2.98. The minimum absolute atomic E-state index is 0.0183. The number of methoxy groups -OCH3 is 2. The Morgan fingerprint density at radius 1 is 0.913 bits per heavy atom. The van der Waals surface area contributed by atoms with Crippen molar-refractivity contribution in [1.29, 1.82) is 0 Å². The van der Waals surface area contributed by atoms with E-state index in [4.69, 9.17) is 18.3 Å². The van der Waals surface area contributed by atoms with Crippen molar-refractivity contribution >= 4 is 43.7 Å². The Labute approximate surface area is 262 Å². The molecule has 236 valence electrons. The van der Waals surface area contributed by atoms with E-state index in [-0.39, 0.29) is 51.1 Å². The molecule has 2 aromatic heterocycles. The summed E-state index contributed by atoms with van der Waals surface area (Å²) in [6.07, 6.45) is 1.05. The highest BCUT2D eigenvalue weighted by Crippen LogP contribution is 2.46. The van der Waals surface area contributed by atoms with Gasteiger partial charge in [0.25, 0.3) is 5.91 Å². The summed E-state index contributed by atoms with van der Waals surface area (Å²) in [6.45, 7) is 0. The number of aromatic nitrogens is 1. The van der Waals surface area contributed by atoms with Gasteiger partial charge in [-0.1, -0.05) is 6.07 Å². The van der Waals surface area contributed by atoms with Crippen LogP contribution in [0.3, 0.4) is 0 Å². The number of anilines is 1. The van der Waals surface area contributed by atoms with Crippen molar-refractivity contribution in [1.82, 2.24) is 10.3 Å². The maximum Gasteiger partial charge on any atom is 0.255 e. The van der Waals surface area contributed by atoms with Gasteiger partial charge >= 0.3 is 0 Å². The van der Waals surface area contributed by atoms with E-state index < -0.39 is 27.6 Å². The number of benzene rings is 4. The molecule has 4 aromatic carbocycles. The predicted molar refractivity (Wildman–Crippen MR) is 170 cm³/mol. The zero-order valence-electron chi connectivity index (χ0n) is 25.3.